The summed E-state index contributed by atoms with van der Waals surface area (Å²) in [5.41, 5.74) is 0. The van der Waals surface area contributed by atoms with Crippen LogP contribution in [-0.2, 0) is 0 Å². The molecule has 0 N–H and O–H groups in total. The van der Waals surface area contributed by atoms with Crippen molar-refractivity contribution in [1.29, 1.82) is 0 Å². The molecule has 0 aromatic heterocycles. The summed E-state index contributed by atoms with van der Waals surface area (Å²) in [4.78, 5) is 0. The van der Waals surface area contributed by atoms with Crippen LogP contribution >= 0.6 is 0 Å². The number of piperidine rings is 6. The summed E-state index contributed by atoms with van der Waals surface area (Å²) in [6.07, 6.45) is 24.4. The van der Waals surface area contributed by atoms with Crippen LogP contribution in [-0.4, -0.2) is 78.5 Å². The van der Waals surface area contributed by atoms with Crippen LogP contribution in [0.5, 0.6) is 0 Å². The summed E-state index contributed by atoms with van der Waals surface area (Å²) < 4.78 is 0. The van der Waals surface area contributed by atoms with E-state index in [0.29, 0.717) is 0 Å². The van der Waals surface area contributed by atoms with Gasteiger partial charge >= 0.3 is 0 Å². The van der Waals surface area contributed by atoms with Crippen LogP contribution in [0.2, 0.25) is 0 Å². The average molecular weight is 743 g/mol. The Morgan fingerprint density at radius 2 is 0.270 bits per heavy atom. The minimum Gasteiger partial charge on any atom is -0.662 e. The molecule has 0 unspecified atom stereocenters. The molecule has 37 heavy (non-hydrogen) atoms. The van der Waals surface area contributed by atoms with Crippen molar-refractivity contribution in [2.75, 3.05) is 78.5 Å². The fourth-order valence-electron chi connectivity index (χ4n) is 4.41. The van der Waals surface area contributed by atoms with Crippen molar-refractivity contribution in [1.82, 2.24) is 0 Å². The number of hydrogen-bond acceptors (Lipinski definition) is 0. The summed E-state index contributed by atoms with van der Waals surface area (Å²) in [7, 11) is 0. The summed E-state index contributed by atoms with van der Waals surface area (Å²) in [6.45, 7) is 13.5. The van der Waals surface area contributed by atoms with Crippen molar-refractivity contribution in [2.45, 2.75) is 116 Å². The minimum atomic E-state index is 0. The fraction of sp³-hybridized carbons (Fsp3) is 1.00. The zero-order chi connectivity index (χ0) is 25.5. The molecule has 6 heterocycles. The molecular formula is C30H60N6U-6. The van der Waals surface area contributed by atoms with E-state index < -0.39 is 0 Å². The van der Waals surface area contributed by atoms with Gasteiger partial charge in [0.1, 0.15) is 0 Å². The van der Waals surface area contributed by atoms with Crippen LogP contribution in [0.25, 0.3) is 31.9 Å². The van der Waals surface area contributed by atoms with Crippen LogP contribution < -0.4 is 0 Å². The quantitative estimate of drug-likeness (QED) is 0.237. The van der Waals surface area contributed by atoms with Gasteiger partial charge in [-0.1, -0.05) is 116 Å². The molecule has 0 spiro atoms. The average Bonchev–Trinajstić information content (AvgIpc) is 3.04. The van der Waals surface area contributed by atoms with Gasteiger partial charge < -0.3 is 31.9 Å². The van der Waals surface area contributed by atoms with Crippen LogP contribution in [0.4, 0.5) is 0 Å². The predicted molar refractivity (Wildman–Crippen MR) is 162 cm³/mol. The molecule has 6 saturated heterocycles. The molecule has 6 aliphatic heterocycles. The largest absolute Gasteiger partial charge is 0.662 e. The topological polar surface area (TPSA) is 84.6 Å². The second-order valence-corrected chi connectivity index (χ2v) is 10.4. The number of hydrogen-bond donors (Lipinski definition) is 0. The molecule has 6 nitrogen and oxygen atoms in total. The Labute approximate surface area is 255 Å². The second-order valence-electron chi connectivity index (χ2n) is 10.4. The van der Waals surface area contributed by atoms with Crippen LogP contribution in [0, 0.1) is 31.1 Å². The van der Waals surface area contributed by atoms with Gasteiger partial charge in [0.25, 0.3) is 0 Å². The molecule has 0 saturated carbocycles. The van der Waals surface area contributed by atoms with Crippen molar-refractivity contribution in [3.05, 3.63) is 31.9 Å². The molecule has 7 heteroatoms. The van der Waals surface area contributed by atoms with Gasteiger partial charge in [-0.15, -0.1) is 78.5 Å². The third-order valence-electron chi connectivity index (χ3n) is 6.79. The Morgan fingerprint density at radius 3 is 0.297 bits per heavy atom. The molecule has 0 amide bonds. The van der Waals surface area contributed by atoms with Crippen molar-refractivity contribution in [3.63, 3.8) is 0 Å². The third kappa shape index (κ3) is 32.9. The van der Waals surface area contributed by atoms with Crippen LogP contribution in [0.1, 0.15) is 116 Å². The van der Waals surface area contributed by atoms with Gasteiger partial charge in [-0.25, -0.2) is 0 Å². The molecule has 0 bridgehead atoms. The predicted octanol–water partition coefficient (Wildman–Crippen LogP) is 9.26. The van der Waals surface area contributed by atoms with Crippen molar-refractivity contribution < 1.29 is 31.1 Å². The molecule has 6 fully saturated rings. The summed E-state index contributed by atoms with van der Waals surface area (Å²) in [5, 5.41) is 25.1. The van der Waals surface area contributed by atoms with Crippen molar-refractivity contribution in [3.8, 4) is 0 Å². The van der Waals surface area contributed by atoms with E-state index in [9.17, 15) is 0 Å². The molecule has 0 aromatic rings. The van der Waals surface area contributed by atoms with Crippen molar-refractivity contribution >= 4 is 0 Å². The maximum absolute atomic E-state index is 4.18. The maximum atomic E-state index is 4.18. The fourth-order valence-corrected chi connectivity index (χ4v) is 4.41. The Morgan fingerprint density at radius 1 is 0.162 bits per heavy atom. The van der Waals surface area contributed by atoms with E-state index in [0.717, 1.165) is 78.5 Å². The first-order chi connectivity index (χ1) is 18.0. The SMILES string of the molecule is C1CC[N-]CC1.C1CC[N-]CC1.C1CC[N-]CC1.C1CC[N-]CC1.C1CC[N-]CC1.C1CC[N-]CC1.[U]. The minimum absolute atomic E-state index is 0. The standard InChI is InChI=1S/6C5H10N.U/c6*1-2-4-6-5-3-1;/h6*1-5H2;/q6*-1;. The molecule has 0 atom stereocenters. The Hall–Kier alpha value is 0.812. The van der Waals surface area contributed by atoms with E-state index in [1.165, 1.54) is 116 Å². The molecule has 6 aliphatic rings. The van der Waals surface area contributed by atoms with E-state index in [-0.39, 0.29) is 31.1 Å². The second kappa shape index (κ2) is 34.8. The Balaban J connectivity index is 0.000000418. The zero-order valence-corrected chi connectivity index (χ0v) is 28.6. The van der Waals surface area contributed by atoms with E-state index in [2.05, 4.69) is 31.9 Å². The molecule has 6 rings (SSSR count). The Bertz CT molecular complexity index is 216. The monoisotopic (exact) mass is 743 g/mol. The first-order valence-electron chi connectivity index (χ1n) is 15.8. The van der Waals surface area contributed by atoms with E-state index in [4.69, 9.17) is 0 Å². The van der Waals surface area contributed by atoms with E-state index >= 15 is 0 Å². The zero-order valence-electron chi connectivity index (χ0n) is 24.4. The molecule has 0 aromatic carbocycles. The first-order valence-corrected chi connectivity index (χ1v) is 15.8. The van der Waals surface area contributed by atoms with Crippen LogP contribution in [0.15, 0.2) is 0 Å². The van der Waals surface area contributed by atoms with Gasteiger partial charge in [-0.05, 0) is 0 Å². The molecule has 220 valence electrons. The van der Waals surface area contributed by atoms with Gasteiger partial charge in [-0.2, -0.15) is 0 Å². The van der Waals surface area contributed by atoms with Gasteiger partial charge in [0.05, 0.1) is 0 Å². The number of rotatable bonds is 0. The first kappa shape index (κ1) is 37.8. The Kier molecular flexibility index (Phi) is 35.6. The van der Waals surface area contributed by atoms with Crippen molar-refractivity contribution in [2.24, 2.45) is 0 Å². The maximum Gasteiger partial charge on any atom is 0 e. The summed E-state index contributed by atoms with van der Waals surface area (Å²) >= 11 is 0. The van der Waals surface area contributed by atoms with Gasteiger partial charge in [0.15, 0.2) is 0 Å². The van der Waals surface area contributed by atoms with E-state index in [1.807, 2.05) is 0 Å². The van der Waals surface area contributed by atoms with Gasteiger partial charge in [-0.3, -0.25) is 0 Å². The van der Waals surface area contributed by atoms with E-state index in [1.54, 1.807) is 0 Å². The molecular weight excluding hydrogens is 682 g/mol. The van der Waals surface area contributed by atoms with Crippen LogP contribution in [0.3, 0.4) is 0 Å². The summed E-state index contributed by atoms with van der Waals surface area (Å²) in [5.74, 6) is 0. The molecule has 0 radical (unpaired) electrons. The number of nitrogens with zero attached hydrogens (tertiary/aromatic N) is 6. The van der Waals surface area contributed by atoms with Gasteiger partial charge in [0, 0.05) is 31.1 Å². The summed E-state index contributed by atoms with van der Waals surface area (Å²) in [6, 6.07) is 0. The molecule has 0 aliphatic carbocycles. The third-order valence-corrected chi connectivity index (χ3v) is 6.79. The van der Waals surface area contributed by atoms with Gasteiger partial charge in [0.2, 0.25) is 0 Å². The smallest absolute Gasteiger partial charge is 0 e. The normalized spacial score (nSPS) is 23.4.